The van der Waals surface area contributed by atoms with E-state index in [-0.39, 0.29) is 30.4 Å². The van der Waals surface area contributed by atoms with Crippen molar-refractivity contribution >= 4 is 62.7 Å². The second-order valence-electron chi connectivity index (χ2n) is 10.3. The fourth-order valence-corrected chi connectivity index (χ4v) is 4.61. The number of azo groups is 1. The Morgan fingerprint density at radius 3 is 2.15 bits per heavy atom. The van der Waals surface area contributed by atoms with Crippen LogP contribution in [0.15, 0.2) is 52.7 Å². The molecule has 0 saturated carbocycles. The molecule has 0 radical (unpaired) electrons. The van der Waals surface area contributed by atoms with Crippen LogP contribution in [0.4, 0.5) is 11.4 Å². The molecule has 2 aromatic carbocycles. The molecular formula is C30H40IN5O10. The van der Waals surface area contributed by atoms with E-state index in [0.717, 1.165) is 16.4 Å². The minimum atomic E-state index is -1.55. The summed E-state index contributed by atoms with van der Waals surface area (Å²) >= 11 is 2.15. The molecule has 0 spiro atoms. The van der Waals surface area contributed by atoms with Gasteiger partial charge in [0.25, 0.3) is 5.91 Å². The minimum Gasteiger partial charge on any atom is -0.493 e. The van der Waals surface area contributed by atoms with Gasteiger partial charge in [0.2, 0.25) is 11.8 Å². The molecule has 2 amide bonds. The number of aromatic nitrogens is 1. The number of rotatable bonds is 16. The van der Waals surface area contributed by atoms with E-state index in [1.54, 1.807) is 31.3 Å². The van der Waals surface area contributed by atoms with Crippen LogP contribution in [0.1, 0.15) is 48.9 Å². The minimum absolute atomic E-state index is 0.0936. The number of aromatic amines is 1. The average molecular weight is 758 g/mol. The van der Waals surface area contributed by atoms with E-state index < -0.39 is 42.9 Å². The van der Waals surface area contributed by atoms with E-state index in [4.69, 9.17) is 25.5 Å². The Balaban J connectivity index is 0.000000479. The molecule has 3 aromatic rings. The third-order valence-electron chi connectivity index (χ3n) is 6.65. The first-order chi connectivity index (χ1) is 21.9. The number of unbranched alkanes of at least 4 members (excludes halogenated alkanes) is 3. The quantitative estimate of drug-likeness (QED) is 0.0577. The number of aromatic hydroxyl groups is 1. The van der Waals surface area contributed by atoms with Gasteiger partial charge in [-0.3, -0.25) is 14.4 Å². The molecule has 1 heterocycles. The monoisotopic (exact) mass is 757 g/mol. The van der Waals surface area contributed by atoms with Crippen molar-refractivity contribution in [3.05, 3.63) is 51.6 Å². The summed E-state index contributed by atoms with van der Waals surface area (Å²) in [6, 6.07) is 11.8. The van der Waals surface area contributed by atoms with Gasteiger partial charge in [0, 0.05) is 39.6 Å². The number of carbonyl (C=O) groups is 3. The summed E-state index contributed by atoms with van der Waals surface area (Å²) in [5.74, 6) is -1.68. The highest BCUT2D eigenvalue weighted by Crippen LogP contribution is 2.36. The number of aliphatic hydroxyl groups excluding tert-OH is 5. The Morgan fingerprint density at radius 1 is 0.913 bits per heavy atom. The zero-order valence-electron chi connectivity index (χ0n) is 25.1. The maximum absolute atomic E-state index is 12.4. The molecule has 16 heteroatoms. The number of halogens is 1. The molecule has 10 N–H and O–H groups in total. The van der Waals surface area contributed by atoms with Gasteiger partial charge < -0.3 is 51.4 Å². The lowest BCUT2D eigenvalue weighted by molar-refractivity contribution is -0.137. The molecule has 4 atom stereocenters. The number of hydrogen-bond donors (Lipinski definition) is 10. The number of amides is 2. The number of aliphatic carboxylic acids is 1. The van der Waals surface area contributed by atoms with Crippen molar-refractivity contribution in [3.63, 3.8) is 0 Å². The van der Waals surface area contributed by atoms with E-state index in [2.05, 4.69) is 48.4 Å². The van der Waals surface area contributed by atoms with Crippen LogP contribution in [0.25, 0.3) is 10.9 Å². The van der Waals surface area contributed by atoms with Crippen LogP contribution in [0.2, 0.25) is 0 Å². The van der Waals surface area contributed by atoms with Crippen LogP contribution in [0.5, 0.6) is 5.88 Å². The Bertz CT molecular complexity index is 1450. The fourth-order valence-electron chi connectivity index (χ4n) is 4.12. The van der Waals surface area contributed by atoms with Crippen LogP contribution >= 0.6 is 22.6 Å². The summed E-state index contributed by atoms with van der Waals surface area (Å²) in [4.78, 5) is 37.7. The number of H-pyrrole nitrogens is 1. The number of carboxylic acid groups (broad SMARTS) is 1. The topological polar surface area (TPSA) is 257 Å². The van der Waals surface area contributed by atoms with E-state index in [1.165, 1.54) is 0 Å². The van der Waals surface area contributed by atoms with Crippen molar-refractivity contribution < 1.29 is 50.1 Å². The summed E-state index contributed by atoms with van der Waals surface area (Å²) in [7, 11) is 1.57. The van der Waals surface area contributed by atoms with Gasteiger partial charge in [0.15, 0.2) is 5.69 Å². The number of nitrogens with zero attached hydrogens (tertiary/aromatic N) is 2. The number of fused-ring (bicyclic) bond motifs is 1. The number of anilines is 1. The zero-order valence-corrected chi connectivity index (χ0v) is 27.3. The van der Waals surface area contributed by atoms with Crippen molar-refractivity contribution in [1.29, 1.82) is 0 Å². The molecule has 15 nitrogen and oxygen atoms in total. The van der Waals surface area contributed by atoms with Gasteiger partial charge in [-0.05, 0) is 84.9 Å². The second-order valence-corrected chi connectivity index (χ2v) is 11.6. The molecule has 46 heavy (non-hydrogen) atoms. The molecule has 0 saturated heterocycles. The molecule has 1 aromatic heterocycles. The zero-order chi connectivity index (χ0) is 34.2. The van der Waals surface area contributed by atoms with Crippen molar-refractivity contribution in [3.8, 4) is 5.88 Å². The number of carbonyl (C=O) groups excluding carboxylic acids is 2. The van der Waals surface area contributed by atoms with Gasteiger partial charge in [-0.25, -0.2) is 0 Å². The standard InChI is InChI=1S/C23H23IN4O5.C7H17NO5/c24-15-9-12-18-17(13-15)21(23(33)26-18)27-28-22(32)14-7-10-16(11-8-14)25-19(29)5-3-1-2-4-6-20(30)31;1-8-2-4(10)6(12)7(13)5(11)3-9/h7-13,26,33H,1-6H2,(H,25,29)(H,30,31);4-13H,2-3H2,1H3/t;4-,5+,6+,7+/m.0/s1. The van der Waals surface area contributed by atoms with Crippen LogP contribution in [0, 0.1) is 3.57 Å². The predicted molar refractivity (Wildman–Crippen MR) is 177 cm³/mol. The number of nitrogens with one attached hydrogen (secondary N) is 3. The largest absolute Gasteiger partial charge is 0.493 e. The fraction of sp³-hybridized carbons (Fsp3) is 0.433. The number of benzene rings is 2. The normalized spacial score (nSPS) is 13.9. The maximum Gasteiger partial charge on any atom is 0.303 e. The molecule has 0 bridgehead atoms. The molecule has 0 fully saturated rings. The molecule has 0 aliphatic carbocycles. The third-order valence-corrected chi connectivity index (χ3v) is 7.32. The Hall–Kier alpha value is -3.52. The van der Waals surface area contributed by atoms with E-state index >= 15 is 0 Å². The predicted octanol–water partition coefficient (Wildman–Crippen LogP) is 2.41. The summed E-state index contributed by atoms with van der Waals surface area (Å²) in [6.07, 6.45) is -2.28. The average Bonchev–Trinajstić information content (AvgIpc) is 3.34. The van der Waals surface area contributed by atoms with Gasteiger partial charge in [-0.15, -0.1) is 10.2 Å². The van der Waals surface area contributed by atoms with E-state index in [1.807, 2.05) is 18.2 Å². The van der Waals surface area contributed by atoms with E-state index in [0.29, 0.717) is 41.4 Å². The van der Waals surface area contributed by atoms with Crippen molar-refractivity contribution in [2.75, 3.05) is 25.5 Å². The Labute approximate surface area is 278 Å². The lowest BCUT2D eigenvalue weighted by atomic mass is 10.0. The summed E-state index contributed by atoms with van der Waals surface area (Å²) in [5, 5.41) is 77.2. The van der Waals surface area contributed by atoms with Crippen LogP contribution in [-0.4, -0.2) is 103 Å². The highest BCUT2D eigenvalue weighted by atomic mass is 127. The first-order valence-corrected chi connectivity index (χ1v) is 15.5. The first kappa shape index (κ1) is 38.7. The first-order valence-electron chi connectivity index (χ1n) is 14.4. The summed E-state index contributed by atoms with van der Waals surface area (Å²) in [6.45, 7) is -0.569. The molecule has 0 aliphatic rings. The van der Waals surface area contributed by atoms with Crippen LogP contribution in [0.3, 0.4) is 0 Å². The van der Waals surface area contributed by atoms with Gasteiger partial charge in [0.1, 0.15) is 18.3 Å². The maximum atomic E-state index is 12.4. The van der Waals surface area contributed by atoms with Gasteiger partial charge >= 0.3 is 5.97 Å². The molecule has 3 rings (SSSR count). The molecule has 252 valence electrons. The SMILES string of the molecule is CNC[C@H](O)[C@@H](O)[C@H](O)[C@H](O)CO.O=C(O)CCCCCCC(=O)Nc1ccc(C(=O)N=Nc2c(O)[nH]c3ccc(I)cc23)cc1. The number of likely N-dealkylation sites (N-methyl/N-ethyl adjacent to an activating group) is 1. The van der Waals surface area contributed by atoms with E-state index in [9.17, 15) is 24.6 Å². The second kappa shape index (κ2) is 19.9. The van der Waals surface area contributed by atoms with Crippen molar-refractivity contribution in [2.24, 2.45) is 10.2 Å². The number of carboxylic acids is 1. The van der Waals surface area contributed by atoms with Crippen LogP contribution in [-0.2, 0) is 9.59 Å². The molecule has 0 aliphatic heterocycles. The smallest absolute Gasteiger partial charge is 0.303 e. The Morgan fingerprint density at radius 2 is 1.54 bits per heavy atom. The lowest BCUT2D eigenvalue weighted by Crippen LogP contribution is -2.48. The highest BCUT2D eigenvalue weighted by Gasteiger charge is 2.29. The third kappa shape index (κ3) is 12.7. The number of aliphatic hydroxyl groups is 5. The van der Waals surface area contributed by atoms with Crippen LogP contribution < -0.4 is 10.6 Å². The molecular weight excluding hydrogens is 717 g/mol. The highest BCUT2D eigenvalue weighted by molar-refractivity contribution is 14.1. The summed E-state index contributed by atoms with van der Waals surface area (Å²) in [5.41, 5.74) is 1.74. The molecule has 0 unspecified atom stereocenters. The van der Waals surface area contributed by atoms with Gasteiger partial charge in [0.05, 0.1) is 18.2 Å². The van der Waals surface area contributed by atoms with Gasteiger partial charge in [-0.1, -0.05) is 12.8 Å². The Kier molecular flexibility index (Phi) is 16.7. The van der Waals surface area contributed by atoms with Crippen molar-refractivity contribution in [1.82, 2.24) is 10.3 Å². The van der Waals surface area contributed by atoms with Gasteiger partial charge in [-0.2, -0.15) is 0 Å². The lowest BCUT2D eigenvalue weighted by Gasteiger charge is -2.25. The number of hydrogen-bond acceptors (Lipinski definition) is 11. The summed E-state index contributed by atoms with van der Waals surface area (Å²) < 4.78 is 0.956. The van der Waals surface area contributed by atoms with Crippen molar-refractivity contribution in [2.45, 2.75) is 62.9 Å².